The number of hydrogen-bond acceptors (Lipinski definition) is 4. The second-order valence-corrected chi connectivity index (χ2v) is 3.42. The van der Waals surface area contributed by atoms with Crippen LogP contribution in [0.5, 0.6) is 0 Å². The third-order valence-electron chi connectivity index (χ3n) is 2.26. The van der Waals surface area contributed by atoms with E-state index >= 15 is 0 Å². The highest BCUT2D eigenvalue weighted by Crippen LogP contribution is 2.25. The number of hydrogen-bond donors (Lipinski definition) is 1. The van der Waals surface area contributed by atoms with Crippen LogP contribution in [0.25, 0.3) is 21.7 Å². The molecule has 0 amide bonds. The normalized spacial score (nSPS) is 9.71. The van der Waals surface area contributed by atoms with Gasteiger partial charge in [0.05, 0.1) is 11.4 Å². The zero-order chi connectivity index (χ0) is 12.3. The number of anilines is 1. The summed E-state index contributed by atoms with van der Waals surface area (Å²) in [5.74, 6) is 0.247. The Hall–Kier alpha value is -2.59. The molecule has 17 heavy (non-hydrogen) atoms. The predicted octanol–water partition coefficient (Wildman–Crippen LogP) is 2.98. The standard InChI is InChI=1S/C11H10N6/c1-7-9(8-5-3-2-4-6-8)15-10(12)11(14-7)16-17-13/h2-6H,1H3,(H2,12,15). The fourth-order valence-corrected chi connectivity index (χ4v) is 1.51. The summed E-state index contributed by atoms with van der Waals surface area (Å²) >= 11 is 0. The SMILES string of the molecule is Cc1nc(N=[N+]=[N-])c(N)nc1-c1ccccc1. The molecule has 0 atom stereocenters. The number of nitrogen functional groups attached to an aromatic ring is 1. The molecule has 6 nitrogen and oxygen atoms in total. The molecular weight excluding hydrogens is 216 g/mol. The largest absolute Gasteiger partial charge is 0.382 e. The van der Waals surface area contributed by atoms with Gasteiger partial charge in [-0.15, -0.1) is 0 Å². The van der Waals surface area contributed by atoms with Crippen molar-refractivity contribution in [2.24, 2.45) is 5.11 Å². The zero-order valence-corrected chi connectivity index (χ0v) is 9.20. The van der Waals surface area contributed by atoms with Crippen molar-refractivity contribution in [3.8, 4) is 11.3 Å². The van der Waals surface area contributed by atoms with Crippen molar-refractivity contribution in [3.63, 3.8) is 0 Å². The van der Waals surface area contributed by atoms with Crippen LogP contribution < -0.4 is 5.73 Å². The van der Waals surface area contributed by atoms with Crippen molar-refractivity contribution < 1.29 is 0 Å². The molecule has 6 heteroatoms. The van der Waals surface area contributed by atoms with Crippen molar-refractivity contribution in [1.29, 1.82) is 0 Å². The fraction of sp³-hybridized carbons (Fsp3) is 0.0909. The minimum atomic E-state index is 0.115. The van der Waals surface area contributed by atoms with Gasteiger partial charge in [0, 0.05) is 10.5 Å². The number of nitrogens with zero attached hydrogens (tertiary/aromatic N) is 5. The monoisotopic (exact) mass is 226 g/mol. The van der Waals surface area contributed by atoms with Gasteiger partial charge in [-0.05, 0) is 17.6 Å². The summed E-state index contributed by atoms with van der Waals surface area (Å²) in [6.45, 7) is 1.80. The van der Waals surface area contributed by atoms with Crippen molar-refractivity contribution in [1.82, 2.24) is 9.97 Å². The molecule has 1 aromatic carbocycles. The summed E-state index contributed by atoms with van der Waals surface area (Å²) in [6.07, 6.45) is 0. The zero-order valence-electron chi connectivity index (χ0n) is 9.20. The molecule has 2 aromatic rings. The Morgan fingerprint density at radius 3 is 2.59 bits per heavy atom. The van der Waals surface area contributed by atoms with E-state index in [1.165, 1.54) is 0 Å². The van der Waals surface area contributed by atoms with Crippen molar-refractivity contribution in [2.75, 3.05) is 5.73 Å². The van der Waals surface area contributed by atoms with Crippen LogP contribution in [-0.4, -0.2) is 9.97 Å². The van der Waals surface area contributed by atoms with Gasteiger partial charge >= 0.3 is 0 Å². The molecule has 0 aliphatic carbocycles. The Bertz CT molecular complexity index is 586. The maximum Gasteiger partial charge on any atom is 0.169 e. The molecule has 0 saturated heterocycles. The van der Waals surface area contributed by atoms with E-state index in [1.807, 2.05) is 30.3 Å². The summed E-state index contributed by atoms with van der Waals surface area (Å²) in [5.41, 5.74) is 16.3. The van der Waals surface area contributed by atoms with E-state index in [9.17, 15) is 0 Å². The van der Waals surface area contributed by atoms with Gasteiger partial charge < -0.3 is 5.73 Å². The van der Waals surface area contributed by atoms with E-state index in [0.717, 1.165) is 5.56 Å². The Morgan fingerprint density at radius 2 is 1.94 bits per heavy atom. The molecule has 2 rings (SSSR count). The maximum atomic E-state index is 8.36. The van der Waals surface area contributed by atoms with Crippen LogP contribution in [0.2, 0.25) is 0 Å². The maximum absolute atomic E-state index is 8.36. The number of nitrogens with two attached hydrogens (primary N) is 1. The second-order valence-electron chi connectivity index (χ2n) is 3.42. The molecular formula is C11H10N6. The Labute approximate surface area is 97.8 Å². The predicted molar refractivity (Wildman–Crippen MR) is 65.4 cm³/mol. The van der Waals surface area contributed by atoms with E-state index in [0.29, 0.717) is 11.4 Å². The molecule has 0 unspecified atom stereocenters. The van der Waals surface area contributed by atoms with Crippen molar-refractivity contribution in [3.05, 3.63) is 46.5 Å². The number of aromatic nitrogens is 2. The summed E-state index contributed by atoms with van der Waals surface area (Å²) in [6, 6.07) is 9.58. The lowest BCUT2D eigenvalue weighted by Gasteiger charge is -2.06. The molecule has 0 radical (unpaired) electrons. The average Bonchev–Trinajstić information content (AvgIpc) is 2.35. The van der Waals surface area contributed by atoms with E-state index in [2.05, 4.69) is 20.0 Å². The van der Waals surface area contributed by atoms with E-state index in [1.54, 1.807) is 6.92 Å². The smallest absolute Gasteiger partial charge is 0.169 e. The van der Waals surface area contributed by atoms with Gasteiger partial charge in [0.2, 0.25) is 0 Å². The number of azide groups is 1. The van der Waals surface area contributed by atoms with Crippen LogP contribution in [0.1, 0.15) is 5.69 Å². The molecule has 0 bridgehead atoms. The van der Waals surface area contributed by atoms with E-state index in [4.69, 9.17) is 11.3 Å². The van der Waals surface area contributed by atoms with Gasteiger partial charge in [-0.1, -0.05) is 30.3 Å². The van der Waals surface area contributed by atoms with Gasteiger partial charge in [0.25, 0.3) is 0 Å². The molecule has 0 spiro atoms. The second kappa shape index (κ2) is 4.51. The summed E-state index contributed by atoms with van der Waals surface area (Å²) in [7, 11) is 0. The van der Waals surface area contributed by atoms with Crippen LogP contribution in [0.15, 0.2) is 35.4 Å². The first-order valence-corrected chi connectivity index (χ1v) is 4.97. The Morgan fingerprint density at radius 1 is 1.24 bits per heavy atom. The highest BCUT2D eigenvalue weighted by Gasteiger charge is 2.09. The molecule has 1 aromatic heterocycles. The lowest BCUT2D eigenvalue weighted by molar-refractivity contribution is 1.11. The topological polar surface area (TPSA) is 101 Å². The lowest BCUT2D eigenvalue weighted by Crippen LogP contribution is -1.98. The van der Waals surface area contributed by atoms with Gasteiger partial charge in [-0.25, -0.2) is 9.97 Å². The Kier molecular flexibility index (Phi) is 2.89. The minimum absolute atomic E-state index is 0.115. The van der Waals surface area contributed by atoms with Gasteiger partial charge in [-0.2, -0.15) is 0 Å². The van der Waals surface area contributed by atoms with Crippen molar-refractivity contribution in [2.45, 2.75) is 6.92 Å². The molecule has 2 N–H and O–H groups in total. The van der Waals surface area contributed by atoms with E-state index < -0.39 is 0 Å². The molecule has 0 fully saturated rings. The van der Waals surface area contributed by atoms with Gasteiger partial charge in [0.1, 0.15) is 0 Å². The third kappa shape index (κ3) is 2.16. The quantitative estimate of drug-likeness (QED) is 0.483. The number of aryl methyl sites for hydroxylation is 1. The molecule has 0 aliphatic heterocycles. The summed E-state index contributed by atoms with van der Waals surface area (Å²) in [4.78, 5) is 11.0. The number of benzene rings is 1. The van der Waals surface area contributed by atoms with Gasteiger partial charge in [0.15, 0.2) is 11.6 Å². The molecule has 0 saturated carbocycles. The fourth-order valence-electron chi connectivity index (χ4n) is 1.51. The first-order chi connectivity index (χ1) is 8.22. The van der Waals surface area contributed by atoms with E-state index in [-0.39, 0.29) is 11.6 Å². The lowest BCUT2D eigenvalue weighted by atomic mass is 10.1. The Balaban J connectivity index is 2.58. The average molecular weight is 226 g/mol. The highest BCUT2D eigenvalue weighted by molar-refractivity contribution is 5.66. The minimum Gasteiger partial charge on any atom is -0.382 e. The van der Waals surface area contributed by atoms with Crippen LogP contribution in [0.3, 0.4) is 0 Å². The van der Waals surface area contributed by atoms with Crippen LogP contribution >= 0.6 is 0 Å². The first kappa shape index (κ1) is 10.9. The molecule has 84 valence electrons. The summed E-state index contributed by atoms with van der Waals surface area (Å²) < 4.78 is 0. The third-order valence-corrected chi connectivity index (χ3v) is 2.26. The van der Waals surface area contributed by atoms with Crippen LogP contribution in [0.4, 0.5) is 11.6 Å². The first-order valence-electron chi connectivity index (χ1n) is 4.97. The molecule has 0 aliphatic rings. The van der Waals surface area contributed by atoms with Crippen LogP contribution in [-0.2, 0) is 0 Å². The van der Waals surface area contributed by atoms with Crippen LogP contribution in [0, 0.1) is 6.92 Å². The number of rotatable bonds is 2. The molecule has 1 heterocycles. The van der Waals surface area contributed by atoms with Gasteiger partial charge in [-0.3, -0.25) is 0 Å². The highest BCUT2D eigenvalue weighted by atomic mass is 15.2. The van der Waals surface area contributed by atoms with Crippen molar-refractivity contribution >= 4 is 11.6 Å². The summed E-state index contributed by atoms with van der Waals surface area (Å²) in [5, 5.41) is 3.38.